The van der Waals surface area contributed by atoms with Crippen LogP contribution in [0.25, 0.3) is 16.6 Å². The molecule has 0 amide bonds. The molecule has 7 heteroatoms. The summed E-state index contributed by atoms with van der Waals surface area (Å²) in [5.41, 5.74) is 2.24. The number of aromatic amines is 2. The van der Waals surface area contributed by atoms with Crippen molar-refractivity contribution in [3.05, 3.63) is 92.3 Å². The van der Waals surface area contributed by atoms with Gasteiger partial charge in [-0.05, 0) is 37.1 Å². The fourth-order valence-corrected chi connectivity index (χ4v) is 3.27. The van der Waals surface area contributed by atoms with Gasteiger partial charge in [-0.1, -0.05) is 35.9 Å². The number of aromatic hydroxyl groups is 1. The summed E-state index contributed by atoms with van der Waals surface area (Å²) in [5.74, 6) is -0.432. The average Bonchev–Trinajstić information content (AvgIpc) is 3.12. The molecule has 0 aliphatic heterocycles. The van der Waals surface area contributed by atoms with Crippen LogP contribution in [0.4, 0.5) is 0 Å². The molecule has 0 saturated heterocycles. The lowest BCUT2D eigenvalue weighted by atomic mass is 10.1. The fraction of sp³-hybridized carbons (Fsp3) is 0.136. The maximum absolute atomic E-state index is 12.2. The molecule has 0 spiro atoms. The van der Waals surface area contributed by atoms with Gasteiger partial charge in [-0.25, -0.2) is 9.36 Å². The highest BCUT2D eigenvalue weighted by Crippen LogP contribution is 2.18. The second-order valence-electron chi connectivity index (χ2n) is 6.81. The highest BCUT2D eigenvalue weighted by Gasteiger charge is 2.14. The molecule has 2 aromatic heterocycles. The Hall–Kier alpha value is -3.87. The van der Waals surface area contributed by atoms with E-state index in [4.69, 9.17) is 0 Å². The molecule has 2 heterocycles. The lowest BCUT2D eigenvalue weighted by molar-refractivity contribution is 0.430. The number of hydrogen-bond donors (Lipinski definition) is 3. The topological polar surface area (TPSA) is 103 Å². The minimum absolute atomic E-state index is 0.0518. The number of aryl methyl sites for hydroxylation is 1. The zero-order chi connectivity index (χ0) is 20.4. The van der Waals surface area contributed by atoms with Gasteiger partial charge in [0.25, 0.3) is 5.56 Å². The van der Waals surface area contributed by atoms with E-state index >= 15 is 0 Å². The van der Waals surface area contributed by atoms with Crippen molar-refractivity contribution in [1.29, 1.82) is 0 Å². The van der Waals surface area contributed by atoms with E-state index < -0.39 is 17.1 Å². The minimum Gasteiger partial charge on any atom is -0.493 e. The number of nitrogens with zero attached hydrogens (tertiary/aromatic N) is 2. The third-order valence-electron chi connectivity index (χ3n) is 4.82. The van der Waals surface area contributed by atoms with Crippen LogP contribution in [0.5, 0.6) is 5.88 Å². The molecule has 0 unspecified atom stereocenters. The Morgan fingerprint density at radius 2 is 1.86 bits per heavy atom. The van der Waals surface area contributed by atoms with Gasteiger partial charge < -0.3 is 10.1 Å². The van der Waals surface area contributed by atoms with Crippen LogP contribution >= 0.6 is 0 Å². The van der Waals surface area contributed by atoms with Gasteiger partial charge in [0.1, 0.15) is 5.56 Å². The zero-order valence-electron chi connectivity index (χ0n) is 15.8. The molecule has 4 rings (SSSR count). The number of benzene rings is 2. The predicted molar refractivity (Wildman–Crippen MR) is 114 cm³/mol. The first kappa shape index (κ1) is 18.5. The van der Waals surface area contributed by atoms with Crippen molar-refractivity contribution in [2.75, 3.05) is 6.54 Å². The van der Waals surface area contributed by atoms with E-state index in [1.165, 1.54) is 6.21 Å². The molecule has 29 heavy (non-hydrogen) atoms. The molecule has 0 aliphatic carbocycles. The maximum Gasteiger partial charge on any atom is 0.335 e. The molecule has 146 valence electrons. The third-order valence-corrected chi connectivity index (χ3v) is 4.82. The first-order valence-corrected chi connectivity index (χ1v) is 9.25. The predicted octanol–water partition coefficient (Wildman–Crippen LogP) is 2.68. The van der Waals surface area contributed by atoms with Gasteiger partial charge in [0, 0.05) is 29.9 Å². The molecular weight excluding hydrogens is 368 g/mol. The van der Waals surface area contributed by atoms with E-state index in [0.29, 0.717) is 18.7 Å². The number of fused-ring (bicyclic) bond motifs is 1. The van der Waals surface area contributed by atoms with Crippen LogP contribution < -0.4 is 11.2 Å². The number of aliphatic imine (C=N–C) groups is 1. The van der Waals surface area contributed by atoms with Crippen LogP contribution in [0.15, 0.2) is 69.3 Å². The van der Waals surface area contributed by atoms with E-state index in [-0.39, 0.29) is 5.56 Å². The van der Waals surface area contributed by atoms with Crippen LogP contribution in [-0.2, 0) is 6.42 Å². The number of para-hydroxylation sites is 1. The first-order chi connectivity index (χ1) is 14.0. The average molecular weight is 388 g/mol. The van der Waals surface area contributed by atoms with Crippen LogP contribution in [0, 0.1) is 6.92 Å². The Morgan fingerprint density at radius 1 is 1.10 bits per heavy atom. The Bertz CT molecular complexity index is 1310. The van der Waals surface area contributed by atoms with Crippen molar-refractivity contribution >= 4 is 17.1 Å². The highest BCUT2D eigenvalue weighted by molar-refractivity contribution is 5.83. The second kappa shape index (κ2) is 7.63. The van der Waals surface area contributed by atoms with E-state index in [0.717, 1.165) is 26.6 Å². The van der Waals surface area contributed by atoms with Gasteiger partial charge in [0.15, 0.2) is 0 Å². The number of hydrogen-bond acceptors (Lipinski definition) is 4. The molecule has 0 aliphatic rings. The van der Waals surface area contributed by atoms with Gasteiger partial charge >= 0.3 is 5.69 Å². The Morgan fingerprint density at radius 3 is 2.66 bits per heavy atom. The molecule has 0 bridgehead atoms. The standard InChI is InChI=1S/C22H20N4O3/c1-14-6-8-16(9-7-14)26-21(28)18(20(27)25-22(26)29)13-23-11-10-15-12-24-19-5-3-2-4-17(15)19/h2-9,12-13,24,28H,10-11H2,1H3,(H,25,27,29). The highest BCUT2D eigenvalue weighted by atomic mass is 16.3. The first-order valence-electron chi connectivity index (χ1n) is 9.25. The third kappa shape index (κ3) is 3.62. The minimum atomic E-state index is -0.702. The van der Waals surface area contributed by atoms with Gasteiger partial charge in [-0.2, -0.15) is 0 Å². The van der Waals surface area contributed by atoms with E-state index in [9.17, 15) is 14.7 Å². The monoisotopic (exact) mass is 388 g/mol. The van der Waals surface area contributed by atoms with Gasteiger partial charge in [0.05, 0.1) is 5.69 Å². The van der Waals surface area contributed by atoms with Gasteiger partial charge in [-0.3, -0.25) is 14.8 Å². The molecule has 0 radical (unpaired) electrons. The summed E-state index contributed by atoms with van der Waals surface area (Å²) in [5, 5.41) is 11.7. The van der Waals surface area contributed by atoms with Crippen LogP contribution in [0.3, 0.4) is 0 Å². The van der Waals surface area contributed by atoms with Crippen molar-refractivity contribution in [1.82, 2.24) is 14.5 Å². The Balaban J connectivity index is 1.60. The number of aromatic nitrogens is 3. The van der Waals surface area contributed by atoms with Crippen LogP contribution in [0.2, 0.25) is 0 Å². The maximum atomic E-state index is 12.2. The molecule has 0 fully saturated rings. The van der Waals surface area contributed by atoms with Gasteiger partial charge in [-0.15, -0.1) is 0 Å². The molecule has 0 atom stereocenters. The van der Waals surface area contributed by atoms with Crippen molar-refractivity contribution in [2.24, 2.45) is 4.99 Å². The van der Waals surface area contributed by atoms with E-state index in [1.54, 1.807) is 12.1 Å². The summed E-state index contributed by atoms with van der Waals surface area (Å²) in [6, 6.07) is 15.0. The molecule has 2 aromatic carbocycles. The lowest BCUT2D eigenvalue weighted by Gasteiger charge is -2.09. The van der Waals surface area contributed by atoms with Crippen molar-refractivity contribution in [3.8, 4) is 11.6 Å². The normalized spacial score (nSPS) is 11.5. The molecular formula is C22H20N4O3. The quantitative estimate of drug-likeness (QED) is 0.458. The van der Waals surface area contributed by atoms with Crippen molar-refractivity contribution < 1.29 is 5.11 Å². The van der Waals surface area contributed by atoms with E-state index in [1.807, 2.05) is 49.5 Å². The summed E-state index contributed by atoms with van der Waals surface area (Å²) in [6.45, 7) is 2.36. The van der Waals surface area contributed by atoms with E-state index in [2.05, 4.69) is 15.0 Å². The Kier molecular flexibility index (Phi) is 4.87. The summed E-state index contributed by atoms with van der Waals surface area (Å²) in [7, 11) is 0. The molecule has 3 N–H and O–H groups in total. The number of nitrogens with one attached hydrogen (secondary N) is 2. The SMILES string of the molecule is Cc1ccc(-n2c(O)c(C=NCCc3c[nH]c4ccccc34)c(=O)[nH]c2=O)cc1. The van der Waals surface area contributed by atoms with Crippen LogP contribution in [0.1, 0.15) is 16.7 Å². The van der Waals surface area contributed by atoms with Crippen molar-refractivity contribution in [3.63, 3.8) is 0 Å². The van der Waals surface area contributed by atoms with Crippen molar-refractivity contribution in [2.45, 2.75) is 13.3 Å². The number of rotatable bonds is 5. The molecule has 4 aromatic rings. The zero-order valence-corrected chi connectivity index (χ0v) is 15.8. The molecule has 7 nitrogen and oxygen atoms in total. The fourth-order valence-electron chi connectivity index (χ4n) is 3.27. The summed E-state index contributed by atoms with van der Waals surface area (Å²) in [6.07, 6.45) is 3.94. The smallest absolute Gasteiger partial charge is 0.335 e. The number of H-pyrrole nitrogens is 2. The molecule has 0 saturated carbocycles. The lowest BCUT2D eigenvalue weighted by Crippen LogP contribution is -2.31. The largest absolute Gasteiger partial charge is 0.493 e. The summed E-state index contributed by atoms with van der Waals surface area (Å²) in [4.78, 5) is 34.1. The summed E-state index contributed by atoms with van der Waals surface area (Å²) >= 11 is 0. The Labute approximate surface area is 166 Å². The van der Waals surface area contributed by atoms with Crippen LogP contribution in [-0.4, -0.2) is 32.4 Å². The summed E-state index contributed by atoms with van der Waals surface area (Å²) < 4.78 is 1.06. The second-order valence-corrected chi connectivity index (χ2v) is 6.81. The van der Waals surface area contributed by atoms with Gasteiger partial charge in [0.2, 0.25) is 5.88 Å².